The molecule has 1 N–H and O–H groups in total. The average molecular weight is 727 g/mol. The summed E-state index contributed by atoms with van der Waals surface area (Å²) >= 11 is 0. The van der Waals surface area contributed by atoms with Crippen molar-refractivity contribution in [3.63, 3.8) is 0 Å². The molecule has 52 heavy (non-hydrogen) atoms. The molecule has 0 bridgehead atoms. The summed E-state index contributed by atoms with van der Waals surface area (Å²) in [6, 6.07) is 22.1. The maximum absolute atomic E-state index is 12.3. The van der Waals surface area contributed by atoms with Crippen LogP contribution in [0.4, 0.5) is 14.4 Å². The number of nitrogens with zero attached hydrogens (tertiary/aromatic N) is 3. The molecule has 2 saturated heterocycles. The lowest BCUT2D eigenvalue weighted by atomic mass is 10.2. The molecule has 2 atom stereocenters. The Hall–Kier alpha value is -3.67. The third-order valence-corrected chi connectivity index (χ3v) is 7.92. The first-order valence-corrected chi connectivity index (χ1v) is 18.6. The topological polar surface area (TPSA) is 110 Å². The molecule has 4 rings (SSSR count). The molecule has 2 aromatic carbocycles. The van der Waals surface area contributed by atoms with E-state index < -0.39 is 29.1 Å². The molecule has 0 aromatic heterocycles. The van der Waals surface area contributed by atoms with Gasteiger partial charge >= 0.3 is 18.4 Å². The highest BCUT2D eigenvalue weighted by molar-refractivity contribution is 5.77. The van der Waals surface area contributed by atoms with E-state index in [4.69, 9.17) is 14.2 Å². The van der Waals surface area contributed by atoms with Crippen molar-refractivity contribution in [3.8, 4) is 0 Å². The number of nitrogens with one attached hydrogen (secondary N) is 1. The number of carbonyl (C=O) groups excluding carboxylic acids is 3. The first-order chi connectivity index (χ1) is 24.2. The van der Waals surface area contributed by atoms with Gasteiger partial charge in [0.05, 0.1) is 0 Å². The Bertz CT molecular complexity index is 1310. The van der Waals surface area contributed by atoms with Crippen molar-refractivity contribution in [1.82, 2.24) is 20.0 Å². The predicted molar refractivity (Wildman–Crippen MR) is 206 cm³/mol. The van der Waals surface area contributed by atoms with Crippen molar-refractivity contribution < 1.29 is 33.3 Å². The third-order valence-electron chi connectivity index (χ3n) is 7.92. The lowest BCUT2D eigenvalue weighted by molar-refractivity contribution is -0.0294. The van der Waals surface area contributed by atoms with Crippen molar-refractivity contribution in [2.24, 2.45) is 0 Å². The average Bonchev–Trinajstić information content (AvgIpc) is 3.33. The first-order valence-electron chi connectivity index (χ1n) is 18.6. The van der Waals surface area contributed by atoms with Gasteiger partial charge in [-0.05, 0) is 100 Å². The zero-order valence-electron chi connectivity index (χ0n) is 33.7. The largest absolute Gasteiger partial charge is 0.519 e. The summed E-state index contributed by atoms with van der Waals surface area (Å²) in [5.41, 5.74) is 0.915. The van der Waals surface area contributed by atoms with Gasteiger partial charge in [0.15, 0.2) is 0 Å². The van der Waals surface area contributed by atoms with E-state index in [9.17, 15) is 14.4 Å². The van der Waals surface area contributed by atoms with Crippen molar-refractivity contribution >= 4 is 18.4 Å². The van der Waals surface area contributed by atoms with Crippen LogP contribution in [0, 0.1) is 0 Å². The van der Waals surface area contributed by atoms with Gasteiger partial charge < -0.3 is 29.2 Å². The minimum absolute atomic E-state index is 0.193. The molecule has 1 amide bonds. The lowest BCUT2D eigenvalue weighted by Crippen LogP contribution is -2.43. The number of carbonyl (C=O) groups is 3. The van der Waals surface area contributed by atoms with Crippen LogP contribution < -0.4 is 5.32 Å². The van der Waals surface area contributed by atoms with Crippen LogP contribution in [0.2, 0.25) is 0 Å². The van der Waals surface area contributed by atoms with Gasteiger partial charge in [-0.25, -0.2) is 14.4 Å². The Kier molecular flexibility index (Phi) is 18.1. The maximum Gasteiger partial charge on any atom is 0.519 e. The summed E-state index contributed by atoms with van der Waals surface area (Å²) in [6.07, 6.45) is -0.0751. The van der Waals surface area contributed by atoms with Gasteiger partial charge in [-0.1, -0.05) is 60.7 Å². The molecule has 2 fully saturated rings. The van der Waals surface area contributed by atoms with E-state index >= 15 is 0 Å². The number of rotatable bonds is 4. The molecular formula is C41H66N4O7. The fourth-order valence-corrected chi connectivity index (χ4v) is 5.37. The Morgan fingerprint density at radius 1 is 0.615 bits per heavy atom. The quantitative estimate of drug-likeness (QED) is 0.188. The van der Waals surface area contributed by atoms with E-state index in [0.29, 0.717) is 6.04 Å². The molecule has 2 aromatic rings. The molecule has 0 aliphatic carbocycles. The zero-order valence-corrected chi connectivity index (χ0v) is 33.7. The van der Waals surface area contributed by atoms with Crippen LogP contribution in [-0.2, 0) is 32.0 Å². The minimum atomic E-state index is -1.06. The van der Waals surface area contributed by atoms with E-state index in [2.05, 4.69) is 88.3 Å². The van der Waals surface area contributed by atoms with E-state index in [0.717, 1.165) is 45.7 Å². The highest BCUT2D eigenvalue weighted by Gasteiger charge is 2.29. The van der Waals surface area contributed by atoms with Crippen LogP contribution in [0.25, 0.3) is 0 Å². The number of hydrogen-bond acceptors (Lipinski definition) is 10. The van der Waals surface area contributed by atoms with E-state index in [1.54, 1.807) is 41.5 Å². The first kappa shape index (κ1) is 44.5. The predicted octanol–water partition coefficient (Wildman–Crippen LogP) is 8.26. The molecule has 2 aliphatic heterocycles. The number of amides is 1. The summed E-state index contributed by atoms with van der Waals surface area (Å²) in [5.74, 6) is 0. The highest BCUT2D eigenvalue weighted by atomic mass is 16.8. The molecule has 292 valence electrons. The maximum atomic E-state index is 12.3. The third kappa shape index (κ3) is 20.4. The van der Waals surface area contributed by atoms with Crippen LogP contribution in [0.1, 0.15) is 100 Å². The molecule has 2 heterocycles. The van der Waals surface area contributed by atoms with Crippen LogP contribution >= 0.6 is 0 Å². The van der Waals surface area contributed by atoms with Crippen LogP contribution in [-0.4, -0.2) is 101 Å². The Morgan fingerprint density at radius 3 is 1.52 bits per heavy atom. The fraction of sp³-hybridized carbons (Fsp3) is 0.634. The second kappa shape index (κ2) is 21.1. The smallest absolute Gasteiger partial charge is 0.444 e. The van der Waals surface area contributed by atoms with Crippen molar-refractivity contribution in [1.29, 1.82) is 0 Å². The van der Waals surface area contributed by atoms with E-state index in [1.807, 2.05) is 31.7 Å². The second-order valence-corrected chi connectivity index (χ2v) is 16.5. The Morgan fingerprint density at radius 2 is 1.06 bits per heavy atom. The molecular weight excluding hydrogens is 660 g/mol. The molecule has 2 aliphatic rings. The number of ether oxygens (including phenoxy) is 4. The molecule has 0 radical (unpaired) electrons. The number of benzene rings is 2. The van der Waals surface area contributed by atoms with Crippen LogP contribution in [0.3, 0.4) is 0 Å². The molecule has 0 saturated carbocycles. The molecule has 0 spiro atoms. The van der Waals surface area contributed by atoms with Crippen molar-refractivity contribution in [2.45, 2.75) is 131 Å². The van der Waals surface area contributed by atoms with Crippen molar-refractivity contribution in [3.05, 3.63) is 71.8 Å². The van der Waals surface area contributed by atoms with E-state index in [-0.39, 0.29) is 12.1 Å². The molecule has 0 unspecified atom stereocenters. The SMILES string of the molecule is CC(C)(C)OC(=O)OC(=O)OC(C)(C)C.C[C@@H]1CCN(Cc2ccccc2)CCN1.C[C@@H]1CCN(Cc2ccccc2)CCN1C(=O)OC(C)(C)C. The summed E-state index contributed by atoms with van der Waals surface area (Å²) in [4.78, 5) is 41.2. The van der Waals surface area contributed by atoms with Gasteiger partial charge in [-0.15, -0.1) is 0 Å². The van der Waals surface area contributed by atoms with Gasteiger partial charge in [0.1, 0.15) is 16.8 Å². The van der Waals surface area contributed by atoms with Gasteiger partial charge in [-0.2, -0.15) is 0 Å². The Balaban J connectivity index is 0.000000279. The number of hydrogen-bond donors (Lipinski definition) is 1. The fourth-order valence-electron chi connectivity index (χ4n) is 5.37. The summed E-state index contributed by atoms with van der Waals surface area (Å²) in [5, 5.41) is 3.52. The normalized spacial score (nSPS) is 18.9. The van der Waals surface area contributed by atoms with Gasteiger partial charge in [-0.3, -0.25) is 9.80 Å². The monoisotopic (exact) mass is 726 g/mol. The van der Waals surface area contributed by atoms with Gasteiger partial charge in [0, 0.05) is 64.4 Å². The van der Waals surface area contributed by atoms with Crippen molar-refractivity contribution in [2.75, 3.05) is 39.3 Å². The summed E-state index contributed by atoms with van der Waals surface area (Å²) in [7, 11) is 0. The van der Waals surface area contributed by atoms with E-state index in [1.165, 1.54) is 30.6 Å². The second-order valence-electron chi connectivity index (χ2n) is 16.5. The Labute approximate surface area is 313 Å². The minimum Gasteiger partial charge on any atom is -0.444 e. The van der Waals surface area contributed by atoms with Crippen LogP contribution in [0.5, 0.6) is 0 Å². The van der Waals surface area contributed by atoms with Crippen LogP contribution in [0.15, 0.2) is 60.7 Å². The van der Waals surface area contributed by atoms with Gasteiger partial charge in [0.25, 0.3) is 0 Å². The lowest BCUT2D eigenvalue weighted by Gasteiger charge is -2.30. The summed E-state index contributed by atoms with van der Waals surface area (Å²) in [6.45, 7) is 28.3. The standard InChI is InChI=1S/C18H28N2O2.C13H20N2.C10H18O5/c1-15-10-11-19(14-16-8-6-5-7-9-16)12-13-20(15)17(21)22-18(2,3)4;1-12-7-9-15(10-8-14-12)11-13-5-3-2-4-6-13;1-9(2,3)14-7(11)13-8(12)15-10(4,5)6/h5-9,15H,10-14H2,1-4H3;2-6,12,14H,7-11H2,1H3;1-6H3/t15-;12-;/m11./s1. The zero-order chi connectivity index (χ0) is 39.0. The molecule has 11 heteroatoms. The molecule has 11 nitrogen and oxygen atoms in total. The summed E-state index contributed by atoms with van der Waals surface area (Å²) < 4.78 is 19.3. The van der Waals surface area contributed by atoms with Gasteiger partial charge in [0.2, 0.25) is 0 Å². The highest BCUT2D eigenvalue weighted by Crippen LogP contribution is 2.18.